The first kappa shape index (κ1) is 12.0. The fourth-order valence-electron chi connectivity index (χ4n) is 0.849. The van der Waals surface area contributed by atoms with Gasteiger partial charge in [-0.25, -0.2) is 0 Å². The van der Waals surface area contributed by atoms with E-state index in [1.807, 2.05) is 0 Å². The lowest BCUT2D eigenvalue weighted by Gasteiger charge is -1.99. The second kappa shape index (κ2) is 5.75. The summed E-state index contributed by atoms with van der Waals surface area (Å²) < 4.78 is 0. The Morgan fingerprint density at radius 2 is 2.07 bits per heavy atom. The third-order valence-electron chi connectivity index (χ3n) is 1.43. The highest BCUT2D eigenvalue weighted by Crippen LogP contribution is 2.28. The zero-order chi connectivity index (χ0) is 11.3. The molecule has 0 aromatic heterocycles. The SMILES string of the molecule is [N-]=[N+]=NCC#Cc1cc(Cl)cc(Cl)c1Cl. The van der Waals surface area contributed by atoms with E-state index in [0.717, 1.165) is 0 Å². The van der Waals surface area contributed by atoms with Crippen LogP contribution in [0.25, 0.3) is 10.4 Å². The van der Waals surface area contributed by atoms with E-state index < -0.39 is 0 Å². The molecule has 0 aliphatic heterocycles. The van der Waals surface area contributed by atoms with Crippen molar-refractivity contribution >= 4 is 34.8 Å². The highest BCUT2D eigenvalue weighted by Gasteiger charge is 2.04. The minimum absolute atomic E-state index is 0.0803. The predicted molar refractivity (Wildman–Crippen MR) is 62.4 cm³/mol. The quantitative estimate of drug-likeness (QED) is 0.237. The van der Waals surface area contributed by atoms with Crippen LogP contribution in [0.2, 0.25) is 15.1 Å². The smallest absolute Gasteiger partial charge is 0.0880 e. The highest BCUT2D eigenvalue weighted by molar-refractivity contribution is 6.43. The minimum atomic E-state index is 0.0803. The molecular weight excluding hydrogens is 256 g/mol. The topological polar surface area (TPSA) is 48.8 Å². The lowest BCUT2D eigenvalue weighted by Crippen LogP contribution is -1.80. The van der Waals surface area contributed by atoms with Gasteiger partial charge in [0.05, 0.1) is 16.6 Å². The molecule has 0 aliphatic rings. The van der Waals surface area contributed by atoms with E-state index in [2.05, 4.69) is 21.9 Å². The van der Waals surface area contributed by atoms with Gasteiger partial charge in [-0.3, -0.25) is 0 Å². The number of azide groups is 1. The van der Waals surface area contributed by atoms with E-state index in [4.69, 9.17) is 40.3 Å². The van der Waals surface area contributed by atoms with Crippen LogP contribution in [0.3, 0.4) is 0 Å². The van der Waals surface area contributed by atoms with Crippen LogP contribution in [0.15, 0.2) is 17.2 Å². The second-order valence-electron chi connectivity index (χ2n) is 2.44. The maximum Gasteiger partial charge on any atom is 0.0880 e. The predicted octanol–water partition coefficient (Wildman–Crippen LogP) is 4.31. The number of nitrogens with zero attached hydrogens (tertiary/aromatic N) is 3. The van der Waals surface area contributed by atoms with Crippen LogP contribution >= 0.6 is 34.8 Å². The van der Waals surface area contributed by atoms with Gasteiger partial charge in [-0.2, -0.15) is 0 Å². The standard InChI is InChI=1S/C9H4Cl3N3/c10-7-4-6(2-1-3-14-15-13)9(12)8(11)5-7/h4-5H,3H2. The van der Waals surface area contributed by atoms with Crippen LogP contribution in [0.5, 0.6) is 0 Å². The molecule has 0 fully saturated rings. The molecule has 0 saturated heterocycles. The zero-order valence-electron chi connectivity index (χ0n) is 7.34. The Hall–Kier alpha value is -1.04. The summed E-state index contributed by atoms with van der Waals surface area (Å²) in [6.45, 7) is 0.0803. The van der Waals surface area contributed by atoms with Gasteiger partial charge in [0.2, 0.25) is 0 Å². The first-order valence-electron chi connectivity index (χ1n) is 3.79. The third-order valence-corrected chi connectivity index (χ3v) is 2.45. The summed E-state index contributed by atoms with van der Waals surface area (Å²) in [5.41, 5.74) is 8.54. The van der Waals surface area contributed by atoms with E-state index in [1.165, 1.54) is 6.07 Å². The first-order chi connectivity index (χ1) is 7.15. The molecule has 0 heterocycles. The Labute approximate surface area is 102 Å². The van der Waals surface area contributed by atoms with Gasteiger partial charge in [-0.05, 0) is 17.7 Å². The average Bonchev–Trinajstić information content (AvgIpc) is 2.19. The molecule has 0 atom stereocenters. The first-order valence-corrected chi connectivity index (χ1v) is 4.93. The molecule has 0 spiro atoms. The molecule has 0 N–H and O–H groups in total. The number of halogens is 3. The molecule has 0 unspecified atom stereocenters. The summed E-state index contributed by atoms with van der Waals surface area (Å²) in [5, 5.41) is 4.40. The van der Waals surface area contributed by atoms with Gasteiger partial charge in [0, 0.05) is 15.5 Å². The molecule has 6 heteroatoms. The van der Waals surface area contributed by atoms with Gasteiger partial charge in [-0.15, -0.1) is 0 Å². The number of benzene rings is 1. The Kier molecular flexibility index (Phi) is 4.61. The molecule has 76 valence electrons. The van der Waals surface area contributed by atoms with Crippen LogP contribution in [0.4, 0.5) is 0 Å². The van der Waals surface area contributed by atoms with Gasteiger partial charge in [0.1, 0.15) is 0 Å². The summed E-state index contributed by atoms with van der Waals surface area (Å²) >= 11 is 17.4. The van der Waals surface area contributed by atoms with Gasteiger partial charge in [0.15, 0.2) is 0 Å². The Bertz CT molecular complexity index is 481. The van der Waals surface area contributed by atoms with E-state index >= 15 is 0 Å². The van der Waals surface area contributed by atoms with Crippen LogP contribution in [-0.2, 0) is 0 Å². The van der Waals surface area contributed by atoms with E-state index in [0.29, 0.717) is 20.6 Å². The molecule has 15 heavy (non-hydrogen) atoms. The number of hydrogen-bond donors (Lipinski definition) is 0. The molecule has 0 radical (unpaired) electrons. The summed E-state index contributed by atoms with van der Waals surface area (Å²) in [6, 6.07) is 3.13. The van der Waals surface area contributed by atoms with E-state index in [-0.39, 0.29) is 6.54 Å². The third kappa shape index (κ3) is 3.54. The molecule has 0 saturated carbocycles. The normalized spacial score (nSPS) is 8.73. The van der Waals surface area contributed by atoms with Crippen molar-refractivity contribution in [2.24, 2.45) is 5.11 Å². The van der Waals surface area contributed by atoms with Gasteiger partial charge in [0.25, 0.3) is 0 Å². The molecule has 0 aliphatic carbocycles. The molecule has 0 bridgehead atoms. The fraction of sp³-hybridized carbons (Fsp3) is 0.111. The van der Waals surface area contributed by atoms with Crippen LogP contribution in [0, 0.1) is 11.8 Å². The van der Waals surface area contributed by atoms with Crippen LogP contribution < -0.4 is 0 Å². The zero-order valence-corrected chi connectivity index (χ0v) is 9.61. The maximum atomic E-state index is 8.03. The minimum Gasteiger partial charge on any atom is -0.0918 e. The highest BCUT2D eigenvalue weighted by atomic mass is 35.5. The molecule has 3 nitrogen and oxygen atoms in total. The van der Waals surface area contributed by atoms with Crippen molar-refractivity contribution in [2.75, 3.05) is 6.54 Å². The molecule has 1 rings (SSSR count). The molecular formula is C9H4Cl3N3. The lowest BCUT2D eigenvalue weighted by molar-refractivity contribution is 1.25. The van der Waals surface area contributed by atoms with Crippen molar-refractivity contribution in [1.82, 2.24) is 0 Å². The summed E-state index contributed by atoms with van der Waals surface area (Å²) in [5.74, 6) is 5.34. The van der Waals surface area contributed by atoms with Crippen LogP contribution in [-0.4, -0.2) is 6.54 Å². The molecule has 0 amide bonds. The van der Waals surface area contributed by atoms with Crippen LogP contribution in [0.1, 0.15) is 5.56 Å². The van der Waals surface area contributed by atoms with Gasteiger partial charge in [-0.1, -0.05) is 51.8 Å². The summed E-state index contributed by atoms with van der Waals surface area (Å²) in [7, 11) is 0. The van der Waals surface area contributed by atoms with Crippen molar-refractivity contribution in [2.45, 2.75) is 0 Å². The Morgan fingerprint density at radius 1 is 1.33 bits per heavy atom. The summed E-state index contributed by atoms with van der Waals surface area (Å²) in [4.78, 5) is 2.56. The van der Waals surface area contributed by atoms with Crippen molar-refractivity contribution in [3.63, 3.8) is 0 Å². The second-order valence-corrected chi connectivity index (χ2v) is 3.66. The number of rotatable bonds is 1. The van der Waals surface area contributed by atoms with Crippen molar-refractivity contribution in [1.29, 1.82) is 0 Å². The maximum absolute atomic E-state index is 8.03. The lowest BCUT2D eigenvalue weighted by atomic mass is 10.2. The van der Waals surface area contributed by atoms with Crippen molar-refractivity contribution in [3.8, 4) is 11.8 Å². The largest absolute Gasteiger partial charge is 0.0918 e. The Balaban J connectivity index is 3.02. The molecule has 1 aromatic carbocycles. The van der Waals surface area contributed by atoms with Gasteiger partial charge >= 0.3 is 0 Å². The van der Waals surface area contributed by atoms with E-state index in [9.17, 15) is 0 Å². The van der Waals surface area contributed by atoms with Crippen molar-refractivity contribution in [3.05, 3.63) is 43.2 Å². The average molecular weight is 261 g/mol. The van der Waals surface area contributed by atoms with Crippen molar-refractivity contribution < 1.29 is 0 Å². The monoisotopic (exact) mass is 259 g/mol. The summed E-state index contributed by atoms with van der Waals surface area (Å²) in [6.07, 6.45) is 0. The van der Waals surface area contributed by atoms with Gasteiger partial charge < -0.3 is 0 Å². The fourth-order valence-corrected chi connectivity index (χ4v) is 1.50. The Morgan fingerprint density at radius 3 is 2.73 bits per heavy atom. The molecule has 1 aromatic rings. The van der Waals surface area contributed by atoms with E-state index in [1.54, 1.807) is 6.07 Å². The number of hydrogen-bond acceptors (Lipinski definition) is 1.